The summed E-state index contributed by atoms with van der Waals surface area (Å²) in [7, 11) is 0. The minimum Gasteiger partial charge on any atom is -0.456 e. The molecule has 96 valence electrons. The molecule has 0 aliphatic carbocycles. The summed E-state index contributed by atoms with van der Waals surface area (Å²) in [6, 6.07) is 10.6. The lowest BCUT2D eigenvalue weighted by Crippen LogP contribution is -1.92. The van der Waals surface area contributed by atoms with Crippen LogP contribution in [-0.4, -0.2) is 5.11 Å². The molecule has 0 heterocycles. The maximum absolute atomic E-state index is 13.4. The van der Waals surface area contributed by atoms with Crippen LogP contribution in [0.25, 0.3) is 0 Å². The van der Waals surface area contributed by atoms with Crippen molar-refractivity contribution in [1.82, 2.24) is 0 Å². The molecule has 0 amide bonds. The van der Waals surface area contributed by atoms with Gasteiger partial charge in [0.05, 0.1) is 6.61 Å². The Balaban J connectivity index is 2.34. The van der Waals surface area contributed by atoms with Crippen molar-refractivity contribution in [2.75, 3.05) is 0 Å². The van der Waals surface area contributed by atoms with Gasteiger partial charge in [-0.15, -0.1) is 0 Å². The van der Waals surface area contributed by atoms with Gasteiger partial charge in [-0.3, -0.25) is 0 Å². The molecular formula is C14H9ClFNO2. The van der Waals surface area contributed by atoms with Crippen molar-refractivity contribution in [2.24, 2.45) is 0 Å². The first-order chi connectivity index (χ1) is 9.15. The maximum atomic E-state index is 13.4. The standard InChI is InChI=1S/C14H9ClFNO2/c15-12-6-10(5-4-9(12)8-18)19-14-3-1-2-13(16)11(14)7-17/h1-6,18H,8H2. The molecule has 1 N–H and O–H groups in total. The number of nitriles is 1. The number of ether oxygens (including phenoxy) is 1. The van der Waals surface area contributed by atoms with E-state index in [-0.39, 0.29) is 17.9 Å². The van der Waals surface area contributed by atoms with Crippen LogP contribution in [0, 0.1) is 17.1 Å². The maximum Gasteiger partial charge on any atom is 0.148 e. The van der Waals surface area contributed by atoms with Crippen LogP contribution in [0.1, 0.15) is 11.1 Å². The summed E-state index contributed by atoms with van der Waals surface area (Å²) in [6.07, 6.45) is 0. The Bertz CT molecular complexity index is 652. The van der Waals surface area contributed by atoms with E-state index in [1.165, 1.54) is 24.3 Å². The number of hydrogen-bond donors (Lipinski definition) is 1. The number of rotatable bonds is 3. The van der Waals surface area contributed by atoms with Crippen LogP contribution in [0.4, 0.5) is 4.39 Å². The first-order valence-electron chi connectivity index (χ1n) is 5.41. The molecule has 2 rings (SSSR count). The molecule has 0 saturated heterocycles. The average molecular weight is 278 g/mol. The Labute approximate surface area is 114 Å². The van der Waals surface area contributed by atoms with Crippen molar-refractivity contribution in [3.8, 4) is 17.6 Å². The molecule has 0 bridgehead atoms. The second-order valence-corrected chi connectivity index (χ2v) is 4.15. The van der Waals surface area contributed by atoms with E-state index in [0.717, 1.165) is 0 Å². The molecule has 0 aliphatic rings. The van der Waals surface area contributed by atoms with Crippen molar-refractivity contribution >= 4 is 11.6 Å². The smallest absolute Gasteiger partial charge is 0.148 e. The fraction of sp³-hybridized carbons (Fsp3) is 0.0714. The molecule has 19 heavy (non-hydrogen) atoms. The third-order valence-electron chi connectivity index (χ3n) is 2.51. The van der Waals surface area contributed by atoms with Gasteiger partial charge in [-0.25, -0.2) is 4.39 Å². The van der Waals surface area contributed by atoms with Gasteiger partial charge in [0.2, 0.25) is 0 Å². The number of aliphatic hydroxyl groups is 1. The van der Waals surface area contributed by atoms with Crippen LogP contribution < -0.4 is 4.74 Å². The van der Waals surface area contributed by atoms with Gasteiger partial charge in [-0.1, -0.05) is 23.7 Å². The number of hydrogen-bond acceptors (Lipinski definition) is 3. The SMILES string of the molecule is N#Cc1c(F)cccc1Oc1ccc(CO)c(Cl)c1. The fourth-order valence-electron chi connectivity index (χ4n) is 1.54. The van der Waals surface area contributed by atoms with Gasteiger partial charge in [0.1, 0.15) is 28.9 Å². The Morgan fingerprint density at radius 3 is 2.74 bits per heavy atom. The zero-order valence-corrected chi connectivity index (χ0v) is 10.5. The lowest BCUT2D eigenvalue weighted by molar-refractivity contribution is 0.282. The highest BCUT2D eigenvalue weighted by atomic mass is 35.5. The molecule has 5 heteroatoms. The molecule has 0 aliphatic heterocycles. The third kappa shape index (κ3) is 2.84. The van der Waals surface area contributed by atoms with Crippen molar-refractivity contribution < 1.29 is 14.2 Å². The van der Waals surface area contributed by atoms with Gasteiger partial charge in [0.25, 0.3) is 0 Å². The van der Waals surface area contributed by atoms with Crippen LogP contribution in [0.15, 0.2) is 36.4 Å². The largest absolute Gasteiger partial charge is 0.456 e. The molecule has 0 saturated carbocycles. The van der Waals surface area contributed by atoms with E-state index >= 15 is 0 Å². The van der Waals surface area contributed by atoms with E-state index in [2.05, 4.69) is 0 Å². The highest BCUT2D eigenvalue weighted by Crippen LogP contribution is 2.29. The van der Waals surface area contributed by atoms with E-state index in [0.29, 0.717) is 16.3 Å². The summed E-state index contributed by atoms with van der Waals surface area (Å²) in [5.74, 6) is -0.155. The zero-order valence-electron chi connectivity index (χ0n) is 9.73. The van der Waals surface area contributed by atoms with Gasteiger partial charge >= 0.3 is 0 Å². The lowest BCUT2D eigenvalue weighted by Gasteiger charge is -2.09. The number of aliphatic hydroxyl groups excluding tert-OH is 1. The van der Waals surface area contributed by atoms with E-state index < -0.39 is 5.82 Å². The zero-order chi connectivity index (χ0) is 13.8. The first kappa shape index (κ1) is 13.3. The van der Waals surface area contributed by atoms with Crippen LogP contribution in [0.5, 0.6) is 11.5 Å². The van der Waals surface area contributed by atoms with Crippen molar-refractivity contribution in [2.45, 2.75) is 6.61 Å². The molecule has 3 nitrogen and oxygen atoms in total. The summed E-state index contributed by atoms with van der Waals surface area (Å²) in [4.78, 5) is 0. The average Bonchev–Trinajstić information content (AvgIpc) is 2.39. The Hall–Kier alpha value is -2.09. The minimum absolute atomic E-state index is 0.121. The van der Waals surface area contributed by atoms with Crippen LogP contribution in [-0.2, 0) is 6.61 Å². The number of nitrogens with zero attached hydrogens (tertiary/aromatic N) is 1. The van der Waals surface area contributed by atoms with Gasteiger partial charge in [-0.2, -0.15) is 5.26 Å². The normalized spacial score (nSPS) is 10.0. The Morgan fingerprint density at radius 1 is 1.32 bits per heavy atom. The van der Waals surface area contributed by atoms with Crippen LogP contribution in [0.3, 0.4) is 0 Å². The van der Waals surface area contributed by atoms with Crippen LogP contribution >= 0.6 is 11.6 Å². The Kier molecular flexibility index (Phi) is 4.00. The monoisotopic (exact) mass is 277 g/mol. The molecule has 0 atom stereocenters. The van der Waals surface area contributed by atoms with Crippen molar-refractivity contribution in [1.29, 1.82) is 5.26 Å². The van der Waals surface area contributed by atoms with Crippen molar-refractivity contribution in [3.63, 3.8) is 0 Å². The summed E-state index contributed by atoms with van der Waals surface area (Å²) < 4.78 is 18.8. The molecular weight excluding hydrogens is 269 g/mol. The molecule has 0 fully saturated rings. The van der Waals surface area contributed by atoms with Gasteiger partial charge in [-0.05, 0) is 29.8 Å². The highest BCUT2D eigenvalue weighted by molar-refractivity contribution is 6.31. The Morgan fingerprint density at radius 2 is 2.11 bits per heavy atom. The summed E-state index contributed by atoms with van der Waals surface area (Å²) in [5, 5.41) is 18.2. The van der Waals surface area contributed by atoms with Crippen molar-refractivity contribution in [3.05, 3.63) is 58.4 Å². The highest BCUT2D eigenvalue weighted by Gasteiger charge is 2.10. The second-order valence-electron chi connectivity index (χ2n) is 3.74. The predicted molar refractivity (Wildman–Crippen MR) is 68.6 cm³/mol. The number of benzene rings is 2. The van der Waals surface area contributed by atoms with E-state index in [1.807, 2.05) is 0 Å². The first-order valence-corrected chi connectivity index (χ1v) is 5.79. The van der Waals surface area contributed by atoms with Gasteiger partial charge in [0, 0.05) is 5.02 Å². The summed E-state index contributed by atoms with van der Waals surface area (Å²) in [5.41, 5.74) is 0.402. The van der Waals surface area contributed by atoms with E-state index in [1.54, 1.807) is 18.2 Å². The minimum atomic E-state index is -0.641. The summed E-state index contributed by atoms with van der Waals surface area (Å²) >= 11 is 5.92. The number of halogens is 2. The predicted octanol–water partition coefficient (Wildman–Crippen LogP) is 3.64. The quantitative estimate of drug-likeness (QED) is 0.932. The molecule has 0 radical (unpaired) electrons. The third-order valence-corrected chi connectivity index (χ3v) is 2.86. The van der Waals surface area contributed by atoms with Gasteiger partial charge < -0.3 is 9.84 Å². The molecule has 2 aromatic rings. The topological polar surface area (TPSA) is 53.2 Å². The summed E-state index contributed by atoms with van der Waals surface area (Å²) in [6.45, 7) is -0.178. The molecule has 0 unspecified atom stereocenters. The fourth-order valence-corrected chi connectivity index (χ4v) is 1.77. The lowest BCUT2D eigenvalue weighted by atomic mass is 10.2. The molecule has 2 aromatic carbocycles. The second kappa shape index (κ2) is 5.70. The van der Waals surface area contributed by atoms with Crippen LogP contribution in [0.2, 0.25) is 5.02 Å². The van der Waals surface area contributed by atoms with Gasteiger partial charge in [0.15, 0.2) is 0 Å². The molecule has 0 aromatic heterocycles. The van der Waals surface area contributed by atoms with E-state index in [9.17, 15) is 4.39 Å². The van der Waals surface area contributed by atoms with E-state index in [4.69, 9.17) is 26.7 Å². The molecule has 0 spiro atoms.